The van der Waals surface area contributed by atoms with Gasteiger partial charge in [0.15, 0.2) is 28.4 Å². The van der Waals surface area contributed by atoms with Crippen LogP contribution < -0.4 is 0 Å². The highest BCUT2D eigenvalue weighted by molar-refractivity contribution is 6.00. The second-order valence-electron chi connectivity index (χ2n) is 13.8. The first-order valence-corrected chi connectivity index (χ1v) is 13.8. The summed E-state index contributed by atoms with van der Waals surface area (Å²) in [7, 11) is 0. The Morgan fingerprint density at radius 3 is 2.63 bits per heavy atom. The highest BCUT2D eigenvalue weighted by Crippen LogP contribution is 2.77. The van der Waals surface area contributed by atoms with Crippen molar-refractivity contribution in [2.75, 3.05) is 6.61 Å². The van der Waals surface area contributed by atoms with E-state index in [1.165, 1.54) is 0 Å². The first-order chi connectivity index (χ1) is 17.9. The van der Waals surface area contributed by atoms with Crippen molar-refractivity contribution in [2.24, 2.45) is 34.5 Å². The summed E-state index contributed by atoms with van der Waals surface area (Å²) < 4.78 is 31.5. The number of hydrogen-bond acceptors (Lipinski definition) is 10. The van der Waals surface area contributed by atoms with E-state index in [2.05, 4.69) is 0 Å². The predicted molar refractivity (Wildman–Crippen MR) is 122 cm³/mol. The van der Waals surface area contributed by atoms with E-state index in [9.17, 15) is 24.3 Å². The molecular formula is C28H30O10. The van der Waals surface area contributed by atoms with Gasteiger partial charge in [-0.15, -0.1) is 0 Å². The molecule has 9 rings (SSSR count). The molecule has 0 amide bonds. The normalized spacial score (nSPS) is 64.1. The molecule has 0 unspecified atom stereocenters. The van der Waals surface area contributed by atoms with Crippen molar-refractivity contribution in [1.82, 2.24) is 0 Å². The summed E-state index contributed by atoms with van der Waals surface area (Å²) >= 11 is 0. The molecule has 6 aliphatic heterocycles. The van der Waals surface area contributed by atoms with Gasteiger partial charge in [0.25, 0.3) is 0 Å². The third-order valence-electron chi connectivity index (χ3n) is 12.9. The Kier molecular flexibility index (Phi) is 3.47. The van der Waals surface area contributed by atoms with Gasteiger partial charge in [-0.25, -0.2) is 4.79 Å². The number of carbonyl (C=O) groups excluding carboxylic acids is 4. The average Bonchev–Trinajstić information content (AvgIpc) is 3.45. The van der Waals surface area contributed by atoms with Crippen LogP contribution in [-0.4, -0.2) is 75.6 Å². The van der Waals surface area contributed by atoms with E-state index in [0.29, 0.717) is 12.8 Å². The summed E-state index contributed by atoms with van der Waals surface area (Å²) in [5, 5.41) is 12.4. The molecule has 3 spiro atoms. The lowest BCUT2D eigenvalue weighted by atomic mass is 9.46. The number of ether oxygens (including phenoxy) is 5. The van der Waals surface area contributed by atoms with Crippen LogP contribution in [0.15, 0.2) is 12.2 Å². The molecule has 6 heterocycles. The molecule has 13 atom stereocenters. The number of ketones is 2. The number of Topliss-reactive ketones (excluding diaryl/α,β-unsaturated/α-hetero) is 1. The number of fused-ring (bicyclic) bond motifs is 4. The van der Waals surface area contributed by atoms with Crippen LogP contribution in [0.2, 0.25) is 0 Å². The second-order valence-corrected chi connectivity index (χ2v) is 13.8. The molecule has 8 fully saturated rings. The minimum Gasteiger partial charge on any atom is -0.458 e. The average molecular weight is 527 g/mol. The van der Waals surface area contributed by atoms with Gasteiger partial charge in [-0.05, 0) is 63.4 Å². The number of rotatable bonds is 0. The topological polar surface area (TPSA) is 138 Å². The molecule has 2 saturated carbocycles. The van der Waals surface area contributed by atoms with Crippen LogP contribution in [-0.2, 0) is 42.9 Å². The number of aliphatic hydroxyl groups is 1. The van der Waals surface area contributed by atoms with Gasteiger partial charge >= 0.3 is 11.9 Å². The molecular weight excluding hydrogens is 496 g/mol. The maximum absolute atomic E-state index is 14.9. The molecule has 1 N–H and O–H groups in total. The van der Waals surface area contributed by atoms with Gasteiger partial charge in [-0.3, -0.25) is 14.4 Å². The lowest BCUT2D eigenvalue weighted by Gasteiger charge is -2.63. The van der Waals surface area contributed by atoms with Gasteiger partial charge in [-0.1, -0.05) is 13.0 Å². The highest BCUT2D eigenvalue weighted by atomic mass is 16.8. The molecule has 6 saturated heterocycles. The van der Waals surface area contributed by atoms with Crippen molar-refractivity contribution >= 4 is 23.5 Å². The van der Waals surface area contributed by atoms with E-state index in [4.69, 9.17) is 23.7 Å². The van der Waals surface area contributed by atoms with Gasteiger partial charge < -0.3 is 28.8 Å². The third kappa shape index (κ3) is 1.79. The number of carbonyl (C=O) groups is 4. The molecule has 0 aromatic carbocycles. The van der Waals surface area contributed by atoms with E-state index in [1.54, 1.807) is 13.0 Å². The quantitative estimate of drug-likeness (QED) is 0.356. The number of hydrogen-bond donors (Lipinski definition) is 1. The number of epoxide rings is 1. The van der Waals surface area contributed by atoms with E-state index in [0.717, 1.165) is 0 Å². The third-order valence-corrected chi connectivity index (χ3v) is 12.9. The smallest absolute Gasteiger partial charge is 0.342 e. The Bertz CT molecular complexity index is 1340. The van der Waals surface area contributed by atoms with Crippen LogP contribution >= 0.6 is 0 Å². The zero-order chi connectivity index (χ0) is 26.5. The maximum atomic E-state index is 14.9. The van der Waals surface area contributed by atoms with Crippen molar-refractivity contribution < 1.29 is 48.0 Å². The highest BCUT2D eigenvalue weighted by Gasteiger charge is 2.94. The fourth-order valence-electron chi connectivity index (χ4n) is 10.9. The van der Waals surface area contributed by atoms with E-state index < -0.39 is 80.7 Å². The van der Waals surface area contributed by atoms with Gasteiger partial charge in [-0.2, -0.15) is 0 Å². The molecule has 9 aliphatic rings. The predicted octanol–water partition coefficient (Wildman–Crippen LogP) is 0.768. The lowest BCUT2D eigenvalue weighted by molar-refractivity contribution is -0.375. The summed E-state index contributed by atoms with van der Waals surface area (Å²) in [6.45, 7) is 5.27. The van der Waals surface area contributed by atoms with Crippen LogP contribution in [0.4, 0.5) is 0 Å². The van der Waals surface area contributed by atoms with Gasteiger partial charge in [0, 0.05) is 5.92 Å². The number of esters is 2. The lowest BCUT2D eigenvalue weighted by Crippen LogP contribution is -2.79. The SMILES string of the molecule is C[C@@]12C[C@H]3OC(=O)[C@@H]1CO[C@]14O[C@@]5([C@H]2C1=O)[C@@]3(C)OC(=O)[C@@]5(O)CC[C@H]1[C@@H]4C[C@H]2O[C@@]23CC=CC(=O)[C@]13C. The van der Waals surface area contributed by atoms with Crippen molar-refractivity contribution in [3.8, 4) is 0 Å². The van der Waals surface area contributed by atoms with Gasteiger partial charge in [0.05, 0.1) is 30.0 Å². The Morgan fingerprint density at radius 1 is 1.05 bits per heavy atom. The molecule has 3 aliphatic carbocycles. The fourth-order valence-corrected chi connectivity index (χ4v) is 10.9. The maximum Gasteiger partial charge on any atom is 0.342 e. The van der Waals surface area contributed by atoms with Crippen LogP contribution in [0.1, 0.15) is 52.9 Å². The van der Waals surface area contributed by atoms with Crippen LogP contribution in [0.25, 0.3) is 0 Å². The second kappa shape index (κ2) is 5.82. The molecule has 0 aromatic rings. The Balaban J connectivity index is 1.34. The van der Waals surface area contributed by atoms with Crippen LogP contribution in [0, 0.1) is 34.5 Å². The summed E-state index contributed by atoms with van der Waals surface area (Å²) in [6.07, 6.45) is 3.82. The van der Waals surface area contributed by atoms with Crippen LogP contribution in [0.5, 0.6) is 0 Å². The summed E-state index contributed by atoms with van der Waals surface area (Å²) in [5.41, 5.74) is -8.23. The Morgan fingerprint density at radius 2 is 1.84 bits per heavy atom. The van der Waals surface area contributed by atoms with Crippen LogP contribution in [0.3, 0.4) is 0 Å². The first kappa shape index (κ1) is 22.7. The van der Waals surface area contributed by atoms with Crippen molar-refractivity contribution in [3.05, 3.63) is 12.2 Å². The molecule has 0 aromatic heterocycles. The monoisotopic (exact) mass is 526 g/mol. The van der Waals surface area contributed by atoms with E-state index >= 15 is 0 Å². The molecule has 0 radical (unpaired) electrons. The minimum atomic E-state index is -2.19. The van der Waals surface area contributed by atoms with Crippen molar-refractivity contribution in [2.45, 2.75) is 93.3 Å². The molecule has 38 heavy (non-hydrogen) atoms. The fraction of sp³-hybridized carbons (Fsp3) is 0.786. The Hall–Kier alpha value is -2.14. The first-order valence-electron chi connectivity index (χ1n) is 13.8. The molecule has 10 nitrogen and oxygen atoms in total. The Labute approximate surface area is 218 Å². The van der Waals surface area contributed by atoms with Gasteiger partial charge in [0.2, 0.25) is 5.79 Å². The van der Waals surface area contributed by atoms with Gasteiger partial charge in [0.1, 0.15) is 11.7 Å². The summed E-state index contributed by atoms with van der Waals surface area (Å²) in [6, 6.07) is 0. The molecule has 10 heteroatoms. The summed E-state index contributed by atoms with van der Waals surface area (Å²) in [5.74, 6) is -6.56. The summed E-state index contributed by atoms with van der Waals surface area (Å²) in [4.78, 5) is 55.6. The molecule has 5 bridgehead atoms. The largest absolute Gasteiger partial charge is 0.458 e. The van der Waals surface area contributed by atoms with E-state index in [1.807, 2.05) is 19.9 Å². The zero-order valence-corrected chi connectivity index (χ0v) is 21.5. The van der Waals surface area contributed by atoms with E-state index in [-0.39, 0.29) is 43.5 Å². The standard InChI is InChI=1S/C28H30O10/c1-22-10-17-24(3)28-18(22)19(30)27(38-28,34-11-14(22)20(31)35-17)13-9-16-26(36-16)7-4-5-15(29)23(26,2)12(13)6-8-25(28,33)21(32)37-24/h4-5,12-14,16-18,33H,6-11H2,1-3H3/t12-,13-,14-,16+,17+,18-,22+,23-,24-,25-,26-,27+,28-/m0/s1. The zero-order valence-electron chi connectivity index (χ0n) is 21.5. The molecule has 202 valence electrons. The van der Waals surface area contributed by atoms with Crippen molar-refractivity contribution in [1.29, 1.82) is 0 Å². The minimum absolute atomic E-state index is 0.0583. The number of allylic oxidation sites excluding steroid dienone is 1. The van der Waals surface area contributed by atoms with Crippen molar-refractivity contribution in [3.63, 3.8) is 0 Å².